The Balaban J connectivity index is 1.49. The molecule has 1 aromatic carbocycles. The lowest BCUT2D eigenvalue weighted by Gasteiger charge is -2.07. The number of aromatic nitrogens is 3. The van der Waals surface area contributed by atoms with Crippen molar-refractivity contribution in [3.8, 4) is 11.6 Å². The number of hydrogen-bond donors (Lipinski definition) is 1. The molecule has 3 aromatic heterocycles. The third-order valence-electron chi connectivity index (χ3n) is 4.24. The maximum absolute atomic E-state index is 13.1. The largest absolute Gasteiger partial charge is 0.439 e. The lowest BCUT2D eigenvalue weighted by atomic mass is 10.2. The summed E-state index contributed by atoms with van der Waals surface area (Å²) in [5.41, 5.74) is 0.491. The van der Waals surface area contributed by atoms with Crippen LogP contribution in [0.15, 0.2) is 48.7 Å². The van der Waals surface area contributed by atoms with Gasteiger partial charge < -0.3 is 10.1 Å². The van der Waals surface area contributed by atoms with E-state index in [1.54, 1.807) is 12.1 Å². The molecule has 0 fully saturated rings. The van der Waals surface area contributed by atoms with Gasteiger partial charge in [0.15, 0.2) is 5.69 Å². The van der Waals surface area contributed by atoms with Crippen molar-refractivity contribution in [3.63, 3.8) is 0 Å². The van der Waals surface area contributed by atoms with Crippen molar-refractivity contribution in [2.24, 2.45) is 7.05 Å². The zero-order chi connectivity index (χ0) is 21.5. The SMILES string of the molecule is Cc1ccc(Oc2ccc(NC(=O)c3cc4c(C(F)(F)F)nn(C)c4s3)cn2)cc1. The molecular formula is C20H15F3N4O2S. The molecule has 154 valence electrons. The van der Waals surface area contributed by atoms with Crippen LogP contribution in [0, 0.1) is 6.92 Å². The predicted octanol–water partition coefficient (Wildman–Crippen LogP) is 5.40. The Morgan fingerprint density at radius 3 is 2.53 bits per heavy atom. The Labute approximate surface area is 172 Å². The van der Waals surface area contributed by atoms with Crippen molar-refractivity contribution in [3.05, 3.63) is 64.8 Å². The summed E-state index contributed by atoms with van der Waals surface area (Å²) in [5, 5.41) is 6.03. The molecule has 1 amide bonds. The summed E-state index contributed by atoms with van der Waals surface area (Å²) in [6.07, 6.45) is -3.18. The van der Waals surface area contributed by atoms with E-state index in [1.165, 1.54) is 19.3 Å². The number of fused-ring (bicyclic) bond motifs is 1. The summed E-state index contributed by atoms with van der Waals surface area (Å²) in [6.45, 7) is 1.97. The van der Waals surface area contributed by atoms with E-state index < -0.39 is 17.8 Å². The van der Waals surface area contributed by atoms with E-state index in [2.05, 4.69) is 15.4 Å². The van der Waals surface area contributed by atoms with Gasteiger partial charge in [-0.2, -0.15) is 18.3 Å². The molecule has 4 aromatic rings. The quantitative estimate of drug-likeness (QED) is 0.469. The van der Waals surface area contributed by atoms with Gasteiger partial charge in [-0.15, -0.1) is 11.3 Å². The van der Waals surface area contributed by atoms with Crippen LogP contribution in [0.2, 0.25) is 0 Å². The average molecular weight is 432 g/mol. The number of ether oxygens (including phenoxy) is 1. The van der Waals surface area contributed by atoms with Crippen molar-refractivity contribution >= 4 is 33.1 Å². The maximum atomic E-state index is 13.1. The van der Waals surface area contributed by atoms with Crippen molar-refractivity contribution in [2.75, 3.05) is 5.32 Å². The van der Waals surface area contributed by atoms with Gasteiger partial charge in [-0.3, -0.25) is 9.48 Å². The van der Waals surface area contributed by atoms with Crippen LogP contribution in [-0.2, 0) is 13.2 Å². The highest BCUT2D eigenvalue weighted by Crippen LogP contribution is 2.37. The second kappa shape index (κ2) is 7.45. The third-order valence-corrected chi connectivity index (χ3v) is 5.44. The number of halogens is 3. The number of aryl methyl sites for hydroxylation is 2. The van der Waals surface area contributed by atoms with Crippen LogP contribution in [0.4, 0.5) is 18.9 Å². The number of benzene rings is 1. The van der Waals surface area contributed by atoms with Gasteiger partial charge in [-0.05, 0) is 31.2 Å². The molecule has 10 heteroatoms. The molecule has 0 aliphatic carbocycles. The summed E-state index contributed by atoms with van der Waals surface area (Å²) in [6, 6.07) is 11.9. The topological polar surface area (TPSA) is 69.0 Å². The van der Waals surface area contributed by atoms with E-state index in [-0.39, 0.29) is 15.1 Å². The highest BCUT2D eigenvalue weighted by molar-refractivity contribution is 7.20. The Morgan fingerprint density at radius 2 is 1.90 bits per heavy atom. The number of nitrogens with one attached hydrogen (secondary N) is 1. The standard InChI is InChI=1S/C20H15F3N4O2S/c1-11-3-6-13(7-4-11)29-16-8-5-12(10-24-16)25-18(28)15-9-14-17(20(21,22)23)26-27(2)19(14)30-15/h3-10H,1-2H3,(H,25,28). The normalized spacial score (nSPS) is 11.6. The van der Waals surface area contributed by atoms with Gasteiger partial charge >= 0.3 is 6.18 Å². The number of carbonyl (C=O) groups is 1. The minimum atomic E-state index is -4.59. The summed E-state index contributed by atoms with van der Waals surface area (Å²) < 4.78 is 46.1. The van der Waals surface area contributed by atoms with Gasteiger partial charge in [0.05, 0.1) is 16.8 Å². The molecular weight excluding hydrogens is 417 g/mol. The first-order chi connectivity index (χ1) is 14.2. The zero-order valence-electron chi connectivity index (χ0n) is 15.8. The molecule has 0 radical (unpaired) electrons. The fraction of sp³-hybridized carbons (Fsp3) is 0.150. The summed E-state index contributed by atoms with van der Waals surface area (Å²) in [7, 11) is 1.41. The summed E-state index contributed by atoms with van der Waals surface area (Å²) in [5.74, 6) is 0.446. The van der Waals surface area contributed by atoms with E-state index in [0.29, 0.717) is 17.3 Å². The van der Waals surface area contributed by atoms with Crippen LogP contribution >= 0.6 is 11.3 Å². The molecule has 3 heterocycles. The Morgan fingerprint density at radius 1 is 1.17 bits per heavy atom. The Bertz CT molecular complexity index is 1210. The van der Waals surface area contributed by atoms with E-state index >= 15 is 0 Å². The van der Waals surface area contributed by atoms with E-state index in [0.717, 1.165) is 21.6 Å². The van der Waals surface area contributed by atoms with Crippen LogP contribution in [0.1, 0.15) is 20.9 Å². The predicted molar refractivity (Wildman–Crippen MR) is 107 cm³/mol. The number of thiophene rings is 1. The van der Waals surface area contributed by atoms with Crippen LogP contribution < -0.4 is 10.1 Å². The lowest BCUT2D eigenvalue weighted by Crippen LogP contribution is -2.11. The maximum Gasteiger partial charge on any atom is 0.435 e. The molecule has 0 unspecified atom stereocenters. The molecule has 4 rings (SSSR count). The van der Waals surface area contributed by atoms with Gasteiger partial charge in [-0.1, -0.05) is 17.7 Å². The molecule has 0 aliphatic heterocycles. The van der Waals surface area contributed by atoms with Crippen molar-refractivity contribution in [1.82, 2.24) is 14.8 Å². The number of hydrogen-bond acceptors (Lipinski definition) is 5. The van der Waals surface area contributed by atoms with E-state index in [4.69, 9.17) is 4.74 Å². The van der Waals surface area contributed by atoms with Gasteiger partial charge in [0.25, 0.3) is 5.91 Å². The van der Waals surface area contributed by atoms with Gasteiger partial charge in [0.2, 0.25) is 5.88 Å². The molecule has 0 bridgehead atoms. The van der Waals surface area contributed by atoms with Gasteiger partial charge in [0.1, 0.15) is 10.6 Å². The van der Waals surface area contributed by atoms with Crippen molar-refractivity contribution in [2.45, 2.75) is 13.1 Å². The highest BCUT2D eigenvalue weighted by atomic mass is 32.1. The second-order valence-corrected chi connectivity index (χ2v) is 7.58. The lowest BCUT2D eigenvalue weighted by molar-refractivity contribution is -0.140. The first-order valence-corrected chi connectivity index (χ1v) is 9.58. The van der Waals surface area contributed by atoms with Crippen molar-refractivity contribution in [1.29, 1.82) is 0 Å². The number of alkyl halides is 3. The number of nitrogens with zero attached hydrogens (tertiary/aromatic N) is 3. The highest BCUT2D eigenvalue weighted by Gasteiger charge is 2.37. The molecule has 0 atom stereocenters. The van der Waals surface area contributed by atoms with Crippen LogP contribution in [0.3, 0.4) is 0 Å². The van der Waals surface area contributed by atoms with Crippen molar-refractivity contribution < 1.29 is 22.7 Å². The number of anilines is 1. The summed E-state index contributed by atoms with van der Waals surface area (Å²) >= 11 is 0.938. The molecule has 0 aliphatic rings. The van der Waals surface area contributed by atoms with Gasteiger partial charge in [0, 0.05) is 18.5 Å². The first kappa shape index (κ1) is 19.9. The third kappa shape index (κ3) is 3.99. The molecule has 0 spiro atoms. The average Bonchev–Trinajstić information content (AvgIpc) is 3.25. The molecule has 0 saturated heterocycles. The fourth-order valence-electron chi connectivity index (χ4n) is 2.80. The molecule has 1 N–H and O–H groups in total. The minimum absolute atomic E-state index is 0.0971. The van der Waals surface area contributed by atoms with Gasteiger partial charge in [-0.25, -0.2) is 4.98 Å². The number of pyridine rings is 1. The van der Waals surface area contributed by atoms with E-state index in [9.17, 15) is 18.0 Å². The first-order valence-electron chi connectivity index (χ1n) is 8.76. The number of carbonyl (C=O) groups excluding carboxylic acids is 1. The van der Waals surface area contributed by atoms with E-state index in [1.807, 2.05) is 31.2 Å². The minimum Gasteiger partial charge on any atom is -0.439 e. The van der Waals surface area contributed by atoms with Crippen LogP contribution in [0.5, 0.6) is 11.6 Å². The fourth-order valence-corrected chi connectivity index (χ4v) is 3.76. The Kier molecular flexibility index (Phi) is 4.94. The monoisotopic (exact) mass is 432 g/mol. The summed E-state index contributed by atoms with van der Waals surface area (Å²) in [4.78, 5) is 17.0. The molecule has 0 saturated carbocycles. The zero-order valence-corrected chi connectivity index (χ0v) is 16.6. The number of rotatable bonds is 4. The Hall–Kier alpha value is -3.40. The smallest absolute Gasteiger partial charge is 0.435 e. The number of amides is 1. The van der Waals surface area contributed by atoms with Crippen LogP contribution in [0.25, 0.3) is 10.2 Å². The molecule has 6 nitrogen and oxygen atoms in total. The molecule has 30 heavy (non-hydrogen) atoms. The van der Waals surface area contributed by atoms with Crippen LogP contribution in [-0.4, -0.2) is 20.7 Å². The second-order valence-electron chi connectivity index (χ2n) is 6.55.